The summed E-state index contributed by atoms with van der Waals surface area (Å²) >= 11 is 0. The first-order valence-corrected chi connectivity index (χ1v) is 11.4. The first-order valence-electron chi connectivity index (χ1n) is 11.4. The molecule has 0 aromatic heterocycles. The van der Waals surface area contributed by atoms with Gasteiger partial charge in [0.2, 0.25) is 0 Å². The fourth-order valence-corrected chi connectivity index (χ4v) is 4.07. The molecular formula is C25H37N3. The molecule has 1 aliphatic heterocycles. The van der Waals surface area contributed by atoms with Gasteiger partial charge in [-0.15, -0.1) is 0 Å². The van der Waals surface area contributed by atoms with E-state index in [1.54, 1.807) is 0 Å². The van der Waals surface area contributed by atoms with Crippen LogP contribution in [0.5, 0.6) is 0 Å². The summed E-state index contributed by atoms with van der Waals surface area (Å²) in [5.74, 6) is 1.19. The first kappa shape index (κ1) is 20.7. The fourth-order valence-electron chi connectivity index (χ4n) is 4.07. The van der Waals surface area contributed by atoms with E-state index in [2.05, 4.69) is 64.8 Å². The van der Waals surface area contributed by atoms with E-state index in [4.69, 9.17) is 0 Å². The van der Waals surface area contributed by atoms with Crippen LogP contribution < -0.4 is 10.3 Å². The topological polar surface area (TPSA) is 27.6 Å². The number of rotatable bonds is 13. The van der Waals surface area contributed by atoms with E-state index in [1.807, 2.05) is 0 Å². The molecular weight excluding hydrogens is 342 g/mol. The summed E-state index contributed by atoms with van der Waals surface area (Å²) in [6.45, 7) is 3.07. The summed E-state index contributed by atoms with van der Waals surface area (Å²) in [5.41, 5.74) is 4.41. The third kappa shape index (κ3) is 6.25. The Labute approximate surface area is 171 Å². The van der Waals surface area contributed by atoms with E-state index >= 15 is 0 Å². The zero-order chi connectivity index (χ0) is 19.4. The second kappa shape index (κ2) is 11.7. The van der Waals surface area contributed by atoms with Gasteiger partial charge in [0, 0.05) is 12.1 Å². The third-order valence-electron chi connectivity index (χ3n) is 5.80. The Morgan fingerprint density at radius 2 is 1.43 bits per heavy atom. The highest BCUT2D eigenvalue weighted by molar-refractivity contribution is 6.00. The Hall–Kier alpha value is -2.03. The number of hydrogen-bond acceptors (Lipinski definition) is 3. The quantitative estimate of drug-likeness (QED) is 0.372. The Balaban J connectivity index is 1.33. The number of nitrogens with one attached hydrogen (secondary N) is 1. The van der Waals surface area contributed by atoms with Crippen LogP contribution >= 0.6 is 0 Å². The molecule has 0 saturated carbocycles. The predicted molar refractivity (Wildman–Crippen MR) is 123 cm³/mol. The molecule has 0 fully saturated rings. The van der Waals surface area contributed by atoms with Crippen LogP contribution in [0.15, 0.2) is 47.6 Å². The smallest absolute Gasteiger partial charge is 0.130 e. The maximum absolute atomic E-state index is 4.55. The van der Waals surface area contributed by atoms with Crippen molar-refractivity contribution in [1.29, 1.82) is 0 Å². The van der Waals surface area contributed by atoms with Crippen LogP contribution in [0.3, 0.4) is 0 Å². The van der Waals surface area contributed by atoms with Crippen molar-refractivity contribution >= 4 is 22.3 Å². The van der Waals surface area contributed by atoms with Gasteiger partial charge in [-0.2, -0.15) is 5.10 Å². The van der Waals surface area contributed by atoms with Crippen molar-refractivity contribution in [3.05, 3.63) is 42.5 Å². The third-order valence-corrected chi connectivity index (χ3v) is 5.80. The lowest BCUT2D eigenvalue weighted by molar-refractivity contribution is 0.551. The van der Waals surface area contributed by atoms with Gasteiger partial charge in [-0.25, -0.2) is 0 Å². The van der Waals surface area contributed by atoms with Crippen molar-refractivity contribution in [2.45, 2.75) is 84.0 Å². The van der Waals surface area contributed by atoms with Gasteiger partial charge in [-0.05, 0) is 29.3 Å². The summed E-state index contributed by atoms with van der Waals surface area (Å²) in [4.78, 5) is 2.32. The Morgan fingerprint density at radius 1 is 0.786 bits per heavy atom. The highest BCUT2D eigenvalue weighted by Crippen LogP contribution is 2.24. The molecule has 2 aromatic carbocycles. The average molecular weight is 380 g/mol. The maximum atomic E-state index is 4.55. The van der Waals surface area contributed by atoms with E-state index in [-0.39, 0.29) is 0 Å². The number of hydrazone groups is 1. The van der Waals surface area contributed by atoms with Gasteiger partial charge in [0.05, 0.1) is 0 Å². The molecule has 152 valence electrons. The largest absolute Gasteiger partial charge is 0.309 e. The molecule has 3 nitrogen and oxygen atoms in total. The minimum atomic E-state index is 0.783. The second-order valence-corrected chi connectivity index (χ2v) is 8.09. The Bertz CT molecular complexity index is 737. The maximum Gasteiger partial charge on any atom is 0.130 e. The molecule has 0 saturated heterocycles. The van der Waals surface area contributed by atoms with Gasteiger partial charge in [-0.3, -0.25) is 5.43 Å². The highest BCUT2D eigenvalue weighted by Gasteiger charge is 2.18. The molecule has 1 heterocycles. The lowest BCUT2D eigenvalue weighted by Crippen LogP contribution is -2.29. The van der Waals surface area contributed by atoms with Crippen molar-refractivity contribution in [3.8, 4) is 0 Å². The van der Waals surface area contributed by atoms with Gasteiger partial charge >= 0.3 is 0 Å². The van der Waals surface area contributed by atoms with Crippen molar-refractivity contribution in [2.24, 2.45) is 5.10 Å². The van der Waals surface area contributed by atoms with Crippen LogP contribution in [-0.2, 0) is 0 Å². The molecule has 3 heteroatoms. The number of benzene rings is 2. The summed E-state index contributed by atoms with van der Waals surface area (Å²) in [7, 11) is 0. The molecule has 0 amide bonds. The number of fused-ring (bicyclic) bond motifs is 1. The van der Waals surface area contributed by atoms with Crippen LogP contribution in [0.4, 0.5) is 5.69 Å². The molecule has 0 radical (unpaired) electrons. The number of hydrogen-bond donors (Lipinski definition) is 1. The minimum absolute atomic E-state index is 0.783. The average Bonchev–Trinajstić information content (AvgIpc) is 3.20. The minimum Gasteiger partial charge on any atom is -0.309 e. The molecule has 0 bridgehead atoms. The van der Waals surface area contributed by atoms with E-state index in [0.717, 1.165) is 13.1 Å². The van der Waals surface area contributed by atoms with Gasteiger partial charge in [0.1, 0.15) is 12.5 Å². The summed E-state index contributed by atoms with van der Waals surface area (Å²) in [6, 6.07) is 15.3. The fraction of sp³-hybridized carbons (Fsp3) is 0.560. The Morgan fingerprint density at radius 3 is 2.14 bits per heavy atom. The van der Waals surface area contributed by atoms with Gasteiger partial charge < -0.3 is 4.90 Å². The van der Waals surface area contributed by atoms with Crippen LogP contribution in [-0.4, -0.2) is 12.5 Å². The van der Waals surface area contributed by atoms with Gasteiger partial charge in [-0.1, -0.05) is 101 Å². The molecule has 3 rings (SSSR count). The van der Waals surface area contributed by atoms with E-state index < -0.39 is 0 Å². The number of amidine groups is 1. The molecule has 0 aliphatic carbocycles. The molecule has 1 N–H and O–H groups in total. The molecule has 0 unspecified atom stereocenters. The van der Waals surface area contributed by atoms with Crippen molar-refractivity contribution < 1.29 is 0 Å². The van der Waals surface area contributed by atoms with E-state index in [0.29, 0.717) is 0 Å². The van der Waals surface area contributed by atoms with Crippen LogP contribution in [0, 0.1) is 0 Å². The molecule has 1 aliphatic rings. The lowest BCUT2D eigenvalue weighted by atomic mass is 10.0. The van der Waals surface area contributed by atoms with Crippen LogP contribution in [0.1, 0.15) is 84.0 Å². The monoisotopic (exact) mass is 379 g/mol. The highest BCUT2D eigenvalue weighted by atomic mass is 15.5. The van der Waals surface area contributed by atoms with Crippen LogP contribution in [0.25, 0.3) is 10.8 Å². The zero-order valence-corrected chi connectivity index (χ0v) is 17.6. The zero-order valence-electron chi connectivity index (χ0n) is 17.6. The molecule has 0 atom stereocenters. The number of anilines is 1. The van der Waals surface area contributed by atoms with Gasteiger partial charge in [0.15, 0.2) is 0 Å². The van der Waals surface area contributed by atoms with Crippen molar-refractivity contribution in [3.63, 3.8) is 0 Å². The SMILES string of the molecule is CCCCCCCCCCCCCC1=NNCN1c1ccc2ccccc2c1. The predicted octanol–water partition coefficient (Wildman–Crippen LogP) is 7.22. The van der Waals surface area contributed by atoms with Crippen LogP contribution in [0.2, 0.25) is 0 Å². The lowest BCUT2D eigenvalue weighted by Gasteiger charge is -2.19. The van der Waals surface area contributed by atoms with E-state index in [9.17, 15) is 0 Å². The summed E-state index contributed by atoms with van der Waals surface area (Å²) in [6.07, 6.45) is 16.3. The summed E-state index contributed by atoms with van der Waals surface area (Å²) < 4.78 is 0. The van der Waals surface area contributed by atoms with E-state index in [1.165, 1.54) is 92.9 Å². The first-order chi connectivity index (χ1) is 13.9. The standard InChI is InChI=1S/C25H37N3/c1-2-3-4-5-6-7-8-9-10-11-12-17-25-27-26-21-28(25)24-19-18-22-15-13-14-16-23(22)20-24/h13-16,18-20,26H,2-12,17,21H2,1H3. The van der Waals surface area contributed by atoms with Gasteiger partial charge in [0.25, 0.3) is 0 Å². The number of unbranched alkanes of at least 4 members (excludes halogenated alkanes) is 10. The Kier molecular flexibility index (Phi) is 8.67. The molecule has 28 heavy (non-hydrogen) atoms. The molecule has 2 aromatic rings. The van der Waals surface area contributed by atoms with Crippen molar-refractivity contribution in [2.75, 3.05) is 11.6 Å². The second-order valence-electron chi connectivity index (χ2n) is 8.09. The molecule has 0 spiro atoms. The normalized spacial score (nSPS) is 13.8. The summed E-state index contributed by atoms with van der Waals surface area (Å²) in [5, 5.41) is 7.14. The van der Waals surface area contributed by atoms with Crippen molar-refractivity contribution in [1.82, 2.24) is 5.43 Å². The number of nitrogens with zero attached hydrogens (tertiary/aromatic N) is 2.